The van der Waals surface area contributed by atoms with Gasteiger partial charge in [-0.15, -0.1) is 10.2 Å². The second kappa shape index (κ2) is 7.14. The molecule has 0 aliphatic heterocycles. The minimum atomic E-state index is -0.355. The van der Waals surface area contributed by atoms with Crippen LogP contribution in [-0.4, -0.2) is 38.4 Å². The van der Waals surface area contributed by atoms with Gasteiger partial charge in [0.15, 0.2) is 5.82 Å². The van der Waals surface area contributed by atoms with Crippen molar-refractivity contribution in [1.29, 1.82) is 0 Å². The number of carbonyl (C=O) groups is 2. The van der Waals surface area contributed by atoms with Gasteiger partial charge in [0.2, 0.25) is 5.91 Å². The van der Waals surface area contributed by atoms with Crippen LogP contribution in [0.15, 0.2) is 55.4 Å². The van der Waals surface area contributed by atoms with Crippen molar-refractivity contribution < 1.29 is 9.59 Å². The van der Waals surface area contributed by atoms with Crippen LogP contribution in [-0.2, 0) is 4.79 Å². The number of hydrogen-bond acceptors (Lipinski definition) is 5. The molecule has 0 fully saturated rings. The highest BCUT2D eigenvalue weighted by molar-refractivity contribution is 6.01. The number of rotatable bonds is 5. The van der Waals surface area contributed by atoms with Gasteiger partial charge >= 0.3 is 0 Å². The Bertz CT molecular complexity index is 963. The van der Waals surface area contributed by atoms with E-state index in [9.17, 15) is 9.59 Å². The standard InChI is InChI=1S/C18H18N6O2/c1-4-15(25)23(3)14-8-6-13(7-9-14)17(26)20-12(2)16-21-22-18-19-10-5-11-24(16)18/h4-12H,1H2,2-3H3,(H,20,26). The van der Waals surface area contributed by atoms with E-state index in [1.807, 2.05) is 6.92 Å². The molecule has 26 heavy (non-hydrogen) atoms. The molecule has 132 valence electrons. The first-order valence-corrected chi connectivity index (χ1v) is 7.98. The zero-order chi connectivity index (χ0) is 18.7. The van der Waals surface area contributed by atoms with E-state index in [0.717, 1.165) is 0 Å². The van der Waals surface area contributed by atoms with Gasteiger partial charge in [-0.3, -0.25) is 14.0 Å². The van der Waals surface area contributed by atoms with Crippen LogP contribution in [0.3, 0.4) is 0 Å². The zero-order valence-corrected chi connectivity index (χ0v) is 14.5. The summed E-state index contributed by atoms with van der Waals surface area (Å²) in [5, 5.41) is 11.0. The first-order chi connectivity index (χ1) is 12.5. The molecule has 0 radical (unpaired) electrons. The third kappa shape index (κ3) is 3.30. The van der Waals surface area contributed by atoms with Crippen LogP contribution in [0.5, 0.6) is 0 Å². The molecule has 0 saturated carbocycles. The molecule has 3 aromatic rings. The number of aromatic nitrogens is 4. The van der Waals surface area contributed by atoms with Crippen LogP contribution in [0.2, 0.25) is 0 Å². The van der Waals surface area contributed by atoms with Crippen LogP contribution in [0, 0.1) is 0 Å². The molecule has 1 aromatic carbocycles. The summed E-state index contributed by atoms with van der Waals surface area (Å²) in [5.74, 6) is 0.600. The van der Waals surface area contributed by atoms with Crippen LogP contribution in [0.1, 0.15) is 29.1 Å². The zero-order valence-electron chi connectivity index (χ0n) is 14.5. The highest BCUT2D eigenvalue weighted by Gasteiger charge is 2.17. The average molecular weight is 350 g/mol. The minimum Gasteiger partial charge on any atom is -0.342 e. The van der Waals surface area contributed by atoms with Gasteiger partial charge in [-0.1, -0.05) is 6.58 Å². The average Bonchev–Trinajstić information content (AvgIpc) is 3.11. The predicted molar refractivity (Wildman–Crippen MR) is 96.7 cm³/mol. The summed E-state index contributed by atoms with van der Waals surface area (Å²) in [5.41, 5.74) is 1.15. The second-order valence-electron chi connectivity index (χ2n) is 5.69. The normalized spacial score (nSPS) is 11.8. The predicted octanol–water partition coefficient (Wildman–Crippen LogP) is 1.76. The molecule has 0 bridgehead atoms. The molecule has 2 amide bonds. The molecule has 0 saturated heterocycles. The molecule has 0 spiro atoms. The number of hydrogen-bond donors (Lipinski definition) is 1. The largest absolute Gasteiger partial charge is 0.342 e. The van der Waals surface area contributed by atoms with Crippen LogP contribution in [0.4, 0.5) is 5.69 Å². The smallest absolute Gasteiger partial charge is 0.255 e. The van der Waals surface area contributed by atoms with E-state index < -0.39 is 0 Å². The van der Waals surface area contributed by atoms with E-state index in [-0.39, 0.29) is 17.9 Å². The summed E-state index contributed by atoms with van der Waals surface area (Å²) in [6.07, 6.45) is 4.66. The van der Waals surface area contributed by atoms with E-state index in [2.05, 4.69) is 27.1 Å². The third-order valence-electron chi connectivity index (χ3n) is 3.97. The Hall–Kier alpha value is -3.55. The monoisotopic (exact) mass is 350 g/mol. The topological polar surface area (TPSA) is 92.5 Å². The molecule has 2 heterocycles. The summed E-state index contributed by atoms with van der Waals surface area (Å²) >= 11 is 0. The van der Waals surface area contributed by atoms with Crippen molar-refractivity contribution in [2.24, 2.45) is 0 Å². The number of carbonyl (C=O) groups excluding carboxylic acids is 2. The molecule has 2 aromatic heterocycles. The highest BCUT2D eigenvalue weighted by atomic mass is 16.2. The number of fused-ring (bicyclic) bond motifs is 1. The summed E-state index contributed by atoms with van der Waals surface area (Å²) in [6.45, 7) is 5.28. The summed E-state index contributed by atoms with van der Waals surface area (Å²) in [4.78, 5) is 29.7. The van der Waals surface area contributed by atoms with Crippen LogP contribution >= 0.6 is 0 Å². The molecule has 1 unspecified atom stereocenters. The van der Waals surface area contributed by atoms with Gasteiger partial charge in [-0.05, 0) is 43.3 Å². The van der Waals surface area contributed by atoms with Gasteiger partial charge in [-0.2, -0.15) is 0 Å². The third-order valence-corrected chi connectivity index (χ3v) is 3.97. The van der Waals surface area contributed by atoms with Crippen molar-refractivity contribution in [3.8, 4) is 0 Å². The lowest BCUT2D eigenvalue weighted by Gasteiger charge is -2.16. The maximum atomic E-state index is 12.5. The van der Waals surface area contributed by atoms with Gasteiger partial charge in [0.25, 0.3) is 11.7 Å². The van der Waals surface area contributed by atoms with Gasteiger partial charge in [0.1, 0.15) is 0 Å². The number of nitrogens with one attached hydrogen (secondary N) is 1. The summed E-state index contributed by atoms with van der Waals surface area (Å²) in [7, 11) is 1.64. The van der Waals surface area contributed by atoms with Crippen molar-refractivity contribution in [3.05, 3.63) is 66.8 Å². The molecule has 1 atom stereocenters. The Balaban J connectivity index is 1.73. The molecular weight excluding hydrogens is 332 g/mol. The van der Waals surface area contributed by atoms with E-state index in [1.165, 1.54) is 11.0 Å². The molecule has 8 nitrogen and oxygen atoms in total. The van der Waals surface area contributed by atoms with Crippen LogP contribution in [0.25, 0.3) is 5.78 Å². The maximum absolute atomic E-state index is 12.5. The van der Waals surface area contributed by atoms with Crippen molar-refractivity contribution >= 4 is 23.3 Å². The van der Waals surface area contributed by atoms with Crippen LogP contribution < -0.4 is 10.2 Å². The molecule has 0 aliphatic carbocycles. The van der Waals surface area contributed by atoms with Crippen molar-refractivity contribution in [1.82, 2.24) is 24.9 Å². The molecular formula is C18H18N6O2. The summed E-state index contributed by atoms with van der Waals surface area (Å²) < 4.78 is 1.73. The molecule has 8 heteroatoms. The lowest BCUT2D eigenvalue weighted by atomic mass is 10.1. The van der Waals surface area contributed by atoms with E-state index >= 15 is 0 Å². The number of benzene rings is 1. The molecule has 0 aliphatic rings. The number of nitrogens with zero attached hydrogens (tertiary/aromatic N) is 5. The van der Waals surface area contributed by atoms with Crippen molar-refractivity contribution in [3.63, 3.8) is 0 Å². The fourth-order valence-electron chi connectivity index (χ4n) is 2.50. The van der Waals surface area contributed by atoms with Gasteiger partial charge < -0.3 is 10.2 Å². The van der Waals surface area contributed by atoms with Crippen molar-refractivity contribution in [2.75, 3.05) is 11.9 Å². The molecule has 1 N–H and O–H groups in total. The fourth-order valence-corrected chi connectivity index (χ4v) is 2.50. The minimum absolute atomic E-state index is 0.219. The Morgan fingerprint density at radius 2 is 2.00 bits per heavy atom. The van der Waals surface area contributed by atoms with Crippen molar-refractivity contribution in [2.45, 2.75) is 13.0 Å². The fraction of sp³-hybridized carbons (Fsp3) is 0.167. The lowest BCUT2D eigenvalue weighted by molar-refractivity contribution is -0.113. The first-order valence-electron chi connectivity index (χ1n) is 7.98. The number of likely N-dealkylation sites (N-methyl/N-ethyl adjacent to an activating group) is 1. The summed E-state index contributed by atoms with van der Waals surface area (Å²) in [6, 6.07) is 8.15. The van der Waals surface area contributed by atoms with E-state index in [0.29, 0.717) is 22.9 Å². The quantitative estimate of drug-likeness (QED) is 0.708. The Labute approximate surface area is 150 Å². The SMILES string of the molecule is C=CC(=O)N(C)c1ccc(C(=O)NC(C)c2nnc3ncccn23)cc1. The maximum Gasteiger partial charge on any atom is 0.255 e. The Kier molecular flexibility index (Phi) is 4.74. The van der Waals surface area contributed by atoms with Gasteiger partial charge in [0, 0.05) is 30.7 Å². The van der Waals surface area contributed by atoms with E-state index in [1.54, 1.807) is 54.2 Å². The number of anilines is 1. The van der Waals surface area contributed by atoms with Gasteiger partial charge in [0.05, 0.1) is 6.04 Å². The first kappa shape index (κ1) is 17.3. The highest BCUT2D eigenvalue weighted by Crippen LogP contribution is 2.16. The van der Waals surface area contributed by atoms with Gasteiger partial charge in [-0.25, -0.2) is 4.98 Å². The lowest BCUT2D eigenvalue weighted by Crippen LogP contribution is -2.28. The Morgan fingerprint density at radius 3 is 2.69 bits per heavy atom. The second-order valence-corrected chi connectivity index (χ2v) is 5.69. The Morgan fingerprint density at radius 1 is 1.27 bits per heavy atom. The molecule has 3 rings (SSSR count). The van der Waals surface area contributed by atoms with E-state index in [4.69, 9.17) is 0 Å². The number of amides is 2.